The van der Waals surface area contributed by atoms with Crippen molar-refractivity contribution < 1.29 is 0 Å². The molecule has 0 aliphatic heterocycles. The summed E-state index contributed by atoms with van der Waals surface area (Å²) in [7, 11) is 0. The van der Waals surface area contributed by atoms with Crippen LogP contribution in [0.2, 0.25) is 0 Å². The van der Waals surface area contributed by atoms with Crippen LogP contribution >= 0.6 is 0 Å². The molecule has 0 aliphatic carbocycles. The van der Waals surface area contributed by atoms with Crippen molar-refractivity contribution in [1.29, 1.82) is 0 Å². The topological polar surface area (TPSA) is 85.8 Å². The summed E-state index contributed by atoms with van der Waals surface area (Å²) in [6.07, 6.45) is 0. The van der Waals surface area contributed by atoms with Crippen LogP contribution in [0.25, 0.3) is 5.65 Å². The lowest BCUT2D eigenvalue weighted by Gasteiger charge is -2.09. The Hall–Kier alpha value is -2.51. The predicted molar refractivity (Wildman–Crippen MR) is 73.9 cm³/mol. The first-order valence-electron chi connectivity index (χ1n) is 6.44. The van der Waals surface area contributed by atoms with Crippen LogP contribution in [0, 0.1) is 13.8 Å². The molecule has 0 atom stereocenters. The summed E-state index contributed by atoms with van der Waals surface area (Å²) in [6, 6.07) is 3.98. The summed E-state index contributed by atoms with van der Waals surface area (Å²) in [6.45, 7) is 8.23. The van der Waals surface area contributed by atoms with Crippen LogP contribution in [0.3, 0.4) is 0 Å². The number of hydrogen-bond donors (Lipinski definition) is 1. The zero-order valence-corrected chi connectivity index (χ0v) is 11.9. The maximum absolute atomic E-state index is 4.54. The molecule has 8 heteroatoms. The molecule has 3 aromatic rings. The molecule has 0 aliphatic rings. The SMILES string of the molecule is Cc1nn(C(C)C)c(C)c1Nc1ccc2nnnn2n1. The predicted octanol–water partition coefficient (Wildman–Crippen LogP) is 1.66. The summed E-state index contributed by atoms with van der Waals surface area (Å²) in [5.74, 6) is 0.680. The highest BCUT2D eigenvalue weighted by molar-refractivity contribution is 5.62. The van der Waals surface area contributed by atoms with Gasteiger partial charge in [-0.05, 0) is 50.3 Å². The van der Waals surface area contributed by atoms with Crippen LogP contribution in [0.15, 0.2) is 12.1 Å². The Bertz CT molecular complexity index is 754. The van der Waals surface area contributed by atoms with Crippen molar-refractivity contribution in [1.82, 2.24) is 35.0 Å². The zero-order chi connectivity index (χ0) is 14.3. The van der Waals surface area contributed by atoms with E-state index in [1.54, 1.807) is 0 Å². The normalized spacial score (nSPS) is 11.4. The van der Waals surface area contributed by atoms with Gasteiger partial charge in [0.2, 0.25) is 0 Å². The molecule has 0 saturated carbocycles. The van der Waals surface area contributed by atoms with E-state index in [1.165, 1.54) is 4.63 Å². The first-order valence-corrected chi connectivity index (χ1v) is 6.44. The van der Waals surface area contributed by atoms with Crippen molar-refractivity contribution in [3.8, 4) is 0 Å². The number of tetrazole rings is 1. The van der Waals surface area contributed by atoms with E-state index in [2.05, 4.69) is 44.9 Å². The van der Waals surface area contributed by atoms with E-state index < -0.39 is 0 Å². The molecule has 0 saturated heterocycles. The summed E-state index contributed by atoms with van der Waals surface area (Å²) < 4.78 is 3.38. The fourth-order valence-corrected chi connectivity index (χ4v) is 2.19. The van der Waals surface area contributed by atoms with Crippen molar-refractivity contribution in [2.45, 2.75) is 33.7 Å². The lowest BCUT2D eigenvalue weighted by Crippen LogP contribution is -2.05. The molecule has 0 radical (unpaired) electrons. The van der Waals surface area contributed by atoms with Crippen LogP contribution in [-0.2, 0) is 0 Å². The first kappa shape index (κ1) is 12.5. The second-order valence-electron chi connectivity index (χ2n) is 4.95. The number of nitrogens with one attached hydrogen (secondary N) is 1. The molecular formula is C12H16N8. The zero-order valence-electron chi connectivity index (χ0n) is 11.9. The van der Waals surface area contributed by atoms with Crippen LogP contribution < -0.4 is 5.32 Å². The third kappa shape index (κ3) is 1.98. The molecule has 3 aromatic heterocycles. The fourth-order valence-electron chi connectivity index (χ4n) is 2.19. The van der Waals surface area contributed by atoms with Crippen LogP contribution in [-0.4, -0.2) is 35.0 Å². The first-order chi connectivity index (χ1) is 9.56. The number of aryl methyl sites for hydroxylation is 1. The van der Waals surface area contributed by atoms with Gasteiger partial charge in [0.15, 0.2) is 11.5 Å². The van der Waals surface area contributed by atoms with E-state index in [-0.39, 0.29) is 0 Å². The van der Waals surface area contributed by atoms with E-state index in [1.807, 2.05) is 30.7 Å². The number of nitrogens with zero attached hydrogens (tertiary/aromatic N) is 7. The highest BCUT2D eigenvalue weighted by atomic mass is 15.6. The highest BCUT2D eigenvalue weighted by Crippen LogP contribution is 2.25. The van der Waals surface area contributed by atoms with Gasteiger partial charge >= 0.3 is 0 Å². The van der Waals surface area contributed by atoms with Gasteiger partial charge in [0.1, 0.15) is 0 Å². The lowest BCUT2D eigenvalue weighted by atomic mass is 10.3. The average molecular weight is 272 g/mol. The van der Waals surface area contributed by atoms with Crippen molar-refractivity contribution >= 4 is 17.2 Å². The van der Waals surface area contributed by atoms with Gasteiger partial charge in [0.05, 0.1) is 17.1 Å². The largest absolute Gasteiger partial charge is 0.336 e. The van der Waals surface area contributed by atoms with Gasteiger partial charge in [-0.15, -0.1) is 14.8 Å². The monoisotopic (exact) mass is 272 g/mol. The van der Waals surface area contributed by atoms with Gasteiger partial charge in [-0.25, -0.2) is 0 Å². The Kier molecular flexibility index (Phi) is 2.85. The highest BCUT2D eigenvalue weighted by Gasteiger charge is 2.14. The van der Waals surface area contributed by atoms with Gasteiger partial charge < -0.3 is 5.32 Å². The smallest absolute Gasteiger partial charge is 0.200 e. The summed E-state index contributed by atoms with van der Waals surface area (Å²) in [5, 5.41) is 23.3. The van der Waals surface area contributed by atoms with Gasteiger partial charge in [-0.2, -0.15) is 5.10 Å². The minimum Gasteiger partial charge on any atom is -0.336 e. The summed E-state index contributed by atoms with van der Waals surface area (Å²) >= 11 is 0. The van der Waals surface area contributed by atoms with Crippen molar-refractivity contribution in [3.63, 3.8) is 0 Å². The Morgan fingerprint density at radius 3 is 2.65 bits per heavy atom. The third-order valence-corrected chi connectivity index (χ3v) is 3.14. The number of hydrogen-bond acceptors (Lipinski definition) is 6. The van der Waals surface area contributed by atoms with Crippen LogP contribution in [0.5, 0.6) is 0 Å². The molecule has 0 aromatic carbocycles. The molecule has 0 amide bonds. The molecular weight excluding hydrogens is 256 g/mol. The second-order valence-corrected chi connectivity index (χ2v) is 4.95. The molecule has 0 spiro atoms. The number of aromatic nitrogens is 7. The van der Waals surface area contributed by atoms with E-state index in [9.17, 15) is 0 Å². The van der Waals surface area contributed by atoms with E-state index in [0.717, 1.165) is 17.1 Å². The van der Waals surface area contributed by atoms with Gasteiger partial charge in [0.25, 0.3) is 0 Å². The summed E-state index contributed by atoms with van der Waals surface area (Å²) in [4.78, 5) is 0. The summed E-state index contributed by atoms with van der Waals surface area (Å²) in [5.41, 5.74) is 3.60. The van der Waals surface area contributed by atoms with E-state index >= 15 is 0 Å². The minimum absolute atomic E-state index is 0.319. The molecule has 8 nitrogen and oxygen atoms in total. The number of anilines is 2. The number of fused-ring (bicyclic) bond motifs is 1. The molecule has 0 unspecified atom stereocenters. The Labute approximate surface area is 115 Å². The van der Waals surface area contributed by atoms with E-state index in [0.29, 0.717) is 17.5 Å². The maximum Gasteiger partial charge on any atom is 0.200 e. The lowest BCUT2D eigenvalue weighted by molar-refractivity contribution is 0.516. The van der Waals surface area contributed by atoms with Crippen molar-refractivity contribution in [2.75, 3.05) is 5.32 Å². The molecule has 3 rings (SSSR count). The Morgan fingerprint density at radius 2 is 1.95 bits per heavy atom. The van der Waals surface area contributed by atoms with Crippen LogP contribution in [0.4, 0.5) is 11.5 Å². The minimum atomic E-state index is 0.319. The quantitative estimate of drug-likeness (QED) is 0.780. The molecule has 104 valence electrons. The average Bonchev–Trinajstić information content (AvgIpc) is 2.97. The maximum atomic E-state index is 4.54. The molecule has 20 heavy (non-hydrogen) atoms. The van der Waals surface area contributed by atoms with Crippen molar-refractivity contribution in [2.24, 2.45) is 0 Å². The van der Waals surface area contributed by atoms with E-state index in [4.69, 9.17) is 0 Å². The van der Waals surface area contributed by atoms with Gasteiger partial charge in [-0.3, -0.25) is 4.68 Å². The third-order valence-electron chi connectivity index (χ3n) is 3.14. The van der Waals surface area contributed by atoms with Crippen LogP contribution in [0.1, 0.15) is 31.3 Å². The molecule has 3 heterocycles. The molecule has 1 N–H and O–H groups in total. The molecule has 0 fully saturated rings. The Balaban J connectivity index is 1.98. The molecule has 0 bridgehead atoms. The number of rotatable bonds is 3. The van der Waals surface area contributed by atoms with Gasteiger partial charge in [0, 0.05) is 6.04 Å². The van der Waals surface area contributed by atoms with Crippen molar-refractivity contribution in [3.05, 3.63) is 23.5 Å². The standard InChI is InChI=1S/C12H16N8/c1-7(2)19-9(4)12(8(3)15-19)13-10-5-6-11-14-17-18-20(11)16-10/h5-7H,1-4H3,(H,13,16). The second kappa shape index (κ2) is 4.55. The van der Waals surface area contributed by atoms with Gasteiger partial charge in [-0.1, -0.05) is 0 Å². The fraction of sp³-hybridized carbons (Fsp3) is 0.417. The Morgan fingerprint density at radius 1 is 1.15 bits per heavy atom.